The van der Waals surface area contributed by atoms with E-state index in [0.29, 0.717) is 10.5 Å². The number of carbonyl (C=O) groups excluding carboxylic acids is 1. The van der Waals surface area contributed by atoms with Gasteiger partial charge in [-0.2, -0.15) is 5.26 Å². The summed E-state index contributed by atoms with van der Waals surface area (Å²) in [5.74, 6) is -0.624. The van der Waals surface area contributed by atoms with Crippen LogP contribution in [-0.2, 0) is 5.41 Å². The van der Waals surface area contributed by atoms with E-state index in [1.807, 2.05) is 0 Å². The van der Waals surface area contributed by atoms with Crippen LogP contribution >= 0.6 is 12.6 Å². The average molecular weight is 221 g/mol. The van der Waals surface area contributed by atoms with Gasteiger partial charge in [0.2, 0.25) is 0 Å². The molecule has 1 rings (SSSR count). The van der Waals surface area contributed by atoms with E-state index < -0.39 is 11.3 Å². The van der Waals surface area contributed by atoms with Crippen molar-refractivity contribution in [2.45, 2.75) is 24.2 Å². The molecule has 0 atom stereocenters. The molecule has 4 nitrogen and oxygen atoms in total. The van der Waals surface area contributed by atoms with Crippen molar-refractivity contribution in [2.24, 2.45) is 5.73 Å². The molecule has 78 valence electrons. The van der Waals surface area contributed by atoms with E-state index in [4.69, 9.17) is 11.0 Å². The summed E-state index contributed by atoms with van der Waals surface area (Å²) < 4.78 is 0. The fourth-order valence-electron chi connectivity index (χ4n) is 1.05. The Kier molecular flexibility index (Phi) is 3.01. The van der Waals surface area contributed by atoms with Gasteiger partial charge in [0.15, 0.2) is 0 Å². The van der Waals surface area contributed by atoms with E-state index in [-0.39, 0.29) is 5.69 Å². The molecule has 1 amide bonds. The van der Waals surface area contributed by atoms with Crippen LogP contribution in [0.15, 0.2) is 17.2 Å². The maximum atomic E-state index is 10.9. The average Bonchev–Trinajstić information content (AvgIpc) is 2.17. The monoisotopic (exact) mass is 221 g/mol. The van der Waals surface area contributed by atoms with Crippen molar-refractivity contribution in [2.75, 3.05) is 0 Å². The zero-order chi connectivity index (χ0) is 11.6. The highest BCUT2D eigenvalue weighted by Gasteiger charge is 2.21. The number of nitrogens with two attached hydrogens (primary N) is 1. The van der Waals surface area contributed by atoms with Gasteiger partial charge in [-0.1, -0.05) is 0 Å². The number of amides is 1. The third-order valence-corrected chi connectivity index (χ3v) is 2.44. The summed E-state index contributed by atoms with van der Waals surface area (Å²) in [6.45, 7) is 3.53. The lowest BCUT2D eigenvalue weighted by Crippen LogP contribution is -2.18. The Balaban J connectivity index is 3.25. The van der Waals surface area contributed by atoms with Gasteiger partial charge in [0.1, 0.15) is 5.69 Å². The third kappa shape index (κ3) is 2.28. The molecular weight excluding hydrogens is 210 g/mol. The predicted molar refractivity (Wildman–Crippen MR) is 58.6 cm³/mol. The van der Waals surface area contributed by atoms with Crippen molar-refractivity contribution in [1.29, 1.82) is 5.26 Å². The molecule has 0 fully saturated rings. The van der Waals surface area contributed by atoms with Crippen molar-refractivity contribution < 1.29 is 4.79 Å². The molecule has 0 aromatic carbocycles. The van der Waals surface area contributed by atoms with E-state index in [0.717, 1.165) is 0 Å². The van der Waals surface area contributed by atoms with Crippen molar-refractivity contribution in [3.63, 3.8) is 0 Å². The molecular formula is C10H11N3OS. The number of nitrogens with zero attached hydrogens (tertiary/aromatic N) is 2. The summed E-state index contributed by atoms with van der Waals surface area (Å²) in [5, 5.41) is 8.92. The largest absolute Gasteiger partial charge is 0.364 e. The molecule has 0 saturated carbocycles. The number of hydrogen-bond acceptors (Lipinski definition) is 4. The number of rotatable bonds is 2. The number of primary amides is 1. The Morgan fingerprint density at radius 2 is 2.27 bits per heavy atom. The molecule has 2 N–H and O–H groups in total. The van der Waals surface area contributed by atoms with E-state index in [1.165, 1.54) is 6.20 Å². The van der Waals surface area contributed by atoms with Gasteiger partial charge in [0.25, 0.3) is 5.91 Å². The molecule has 1 aromatic heterocycles. The van der Waals surface area contributed by atoms with Crippen molar-refractivity contribution in [3.8, 4) is 6.07 Å². The summed E-state index contributed by atoms with van der Waals surface area (Å²) in [4.78, 5) is 15.2. The normalized spacial score (nSPS) is 10.8. The summed E-state index contributed by atoms with van der Waals surface area (Å²) in [6.07, 6.45) is 1.48. The second kappa shape index (κ2) is 3.91. The molecule has 0 aliphatic heterocycles. The van der Waals surface area contributed by atoms with Crippen molar-refractivity contribution >= 4 is 18.5 Å². The molecule has 0 aliphatic carbocycles. The minimum Gasteiger partial charge on any atom is -0.364 e. The summed E-state index contributed by atoms with van der Waals surface area (Å²) in [5.41, 5.74) is 5.27. The second-order valence-corrected chi connectivity index (χ2v) is 4.17. The van der Waals surface area contributed by atoms with Crippen LogP contribution in [0.4, 0.5) is 0 Å². The van der Waals surface area contributed by atoms with Crippen LogP contribution in [-0.4, -0.2) is 10.9 Å². The maximum Gasteiger partial charge on any atom is 0.268 e. The standard InChI is InChI=1S/C10H11N3OS/c1-10(2,5-11)6-3-7(15)8(9(12)14)13-4-6/h3-4,15H,1-2H3,(H2,12,14). The first kappa shape index (κ1) is 11.5. The zero-order valence-electron chi connectivity index (χ0n) is 8.48. The number of thiol groups is 1. The fourth-order valence-corrected chi connectivity index (χ4v) is 1.36. The van der Waals surface area contributed by atoms with E-state index in [1.54, 1.807) is 19.9 Å². The quantitative estimate of drug-likeness (QED) is 0.738. The zero-order valence-corrected chi connectivity index (χ0v) is 9.38. The Morgan fingerprint density at radius 1 is 1.67 bits per heavy atom. The number of carbonyl (C=O) groups is 1. The first-order chi connectivity index (χ1) is 6.88. The van der Waals surface area contributed by atoms with Crippen LogP contribution in [0.25, 0.3) is 0 Å². The minimum atomic E-state index is -0.652. The first-order valence-electron chi connectivity index (χ1n) is 4.29. The summed E-state index contributed by atoms with van der Waals surface area (Å²) in [7, 11) is 0. The lowest BCUT2D eigenvalue weighted by molar-refractivity contribution is 0.0992. The Bertz CT molecular complexity index is 448. The van der Waals surface area contributed by atoms with Crippen LogP contribution in [0, 0.1) is 11.3 Å². The molecule has 0 aliphatic rings. The molecule has 1 aromatic rings. The van der Waals surface area contributed by atoms with Crippen LogP contribution in [0.1, 0.15) is 29.9 Å². The number of pyridine rings is 1. The summed E-state index contributed by atoms with van der Waals surface area (Å²) >= 11 is 4.10. The fraction of sp³-hybridized carbons (Fsp3) is 0.300. The topological polar surface area (TPSA) is 79.8 Å². The SMILES string of the molecule is CC(C)(C#N)c1cnc(C(N)=O)c(S)c1. The lowest BCUT2D eigenvalue weighted by atomic mass is 9.87. The molecule has 0 radical (unpaired) electrons. The molecule has 0 bridgehead atoms. The van der Waals surface area contributed by atoms with E-state index in [9.17, 15) is 4.79 Å². The second-order valence-electron chi connectivity index (χ2n) is 3.69. The Morgan fingerprint density at radius 3 is 2.67 bits per heavy atom. The maximum absolute atomic E-state index is 10.9. The number of hydrogen-bond donors (Lipinski definition) is 2. The molecule has 0 saturated heterocycles. The highest BCUT2D eigenvalue weighted by molar-refractivity contribution is 7.80. The lowest BCUT2D eigenvalue weighted by Gasteiger charge is -2.15. The Labute approximate surface area is 93.5 Å². The van der Waals surface area contributed by atoms with E-state index >= 15 is 0 Å². The van der Waals surface area contributed by atoms with E-state index in [2.05, 4.69) is 23.7 Å². The molecule has 15 heavy (non-hydrogen) atoms. The van der Waals surface area contributed by atoms with Crippen LogP contribution < -0.4 is 5.73 Å². The van der Waals surface area contributed by atoms with Gasteiger partial charge < -0.3 is 5.73 Å². The van der Waals surface area contributed by atoms with Crippen LogP contribution in [0.3, 0.4) is 0 Å². The van der Waals surface area contributed by atoms with Crippen molar-refractivity contribution in [1.82, 2.24) is 4.98 Å². The van der Waals surface area contributed by atoms with Gasteiger partial charge in [-0.15, -0.1) is 12.6 Å². The molecule has 0 spiro atoms. The minimum absolute atomic E-state index is 0.121. The summed E-state index contributed by atoms with van der Waals surface area (Å²) in [6, 6.07) is 3.78. The third-order valence-electron chi connectivity index (χ3n) is 2.10. The van der Waals surface area contributed by atoms with Crippen LogP contribution in [0.5, 0.6) is 0 Å². The van der Waals surface area contributed by atoms with Crippen LogP contribution in [0.2, 0.25) is 0 Å². The predicted octanol–water partition coefficient (Wildman–Crippen LogP) is 1.27. The van der Waals surface area contributed by atoms with Crippen molar-refractivity contribution in [3.05, 3.63) is 23.5 Å². The van der Waals surface area contributed by atoms with Gasteiger partial charge in [0, 0.05) is 11.1 Å². The van der Waals surface area contributed by atoms with Gasteiger partial charge in [-0.3, -0.25) is 4.79 Å². The van der Waals surface area contributed by atoms with Gasteiger partial charge in [-0.25, -0.2) is 4.98 Å². The highest BCUT2D eigenvalue weighted by Crippen LogP contribution is 2.24. The highest BCUT2D eigenvalue weighted by atomic mass is 32.1. The number of aromatic nitrogens is 1. The number of nitriles is 1. The van der Waals surface area contributed by atoms with Gasteiger partial charge in [-0.05, 0) is 25.5 Å². The molecule has 0 unspecified atom stereocenters. The first-order valence-corrected chi connectivity index (χ1v) is 4.74. The molecule has 5 heteroatoms. The smallest absolute Gasteiger partial charge is 0.268 e. The molecule has 1 heterocycles. The Hall–Kier alpha value is -1.54. The van der Waals surface area contributed by atoms with Gasteiger partial charge >= 0.3 is 0 Å². The van der Waals surface area contributed by atoms with Gasteiger partial charge in [0.05, 0.1) is 11.5 Å².